The summed E-state index contributed by atoms with van der Waals surface area (Å²) in [7, 11) is -3.31. The van der Waals surface area contributed by atoms with Crippen molar-refractivity contribution >= 4 is 22.6 Å². The molecule has 2 saturated heterocycles. The van der Waals surface area contributed by atoms with Gasteiger partial charge < -0.3 is 10.1 Å². The molecule has 0 saturated carbocycles. The molecular weight excluding hydrogens is 278 g/mol. The maximum Gasteiger partial charge on any atom is 0.279 e. The van der Waals surface area contributed by atoms with Gasteiger partial charge in [-0.1, -0.05) is 0 Å². The van der Waals surface area contributed by atoms with Crippen molar-refractivity contribution in [2.45, 2.75) is 12.8 Å². The third-order valence-corrected chi connectivity index (χ3v) is 4.84. The molecule has 0 aromatic heterocycles. The molecule has 2 rings (SSSR count). The van der Waals surface area contributed by atoms with Gasteiger partial charge in [0.2, 0.25) is 0 Å². The van der Waals surface area contributed by atoms with E-state index >= 15 is 0 Å². The summed E-state index contributed by atoms with van der Waals surface area (Å²) < 4.78 is 33.2. The predicted octanol–water partition coefficient (Wildman–Crippen LogP) is -0.426. The number of piperidine rings is 1. The summed E-state index contributed by atoms with van der Waals surface area (Å²) in [5, 5.41) is 3.28. The molecule has 0 aromatic carbocycles. The van der Waals surface area contributed by atoms with Gasteiger partial charge in [0.05, 0.1) is 13.2 Å². The summed E-state index contributed by atoms with van der Waals surface area (Å²) in [5.74, 6) is 0.416. The SMILES string of the molecule is Cl.O=S(=O)(NCC1CCCNC1)N1CCOCC1. The van der Waals surface area contributed by atoms with Gasteiger partial charge >= 0.3 is 0 Å². The van der Waals surface area contributed by atoms with E-state index in [0.717, 1.165) is 25.9 Å². The number of hydrogen-bond donors (Lipinski definition) is 2. The van der Waals surface area contributed by atoms with Crippen LogP contribution in [-0.4, -0.2) is 58.7 Å². The second-order valence-electron chi connectivity index (χ2n) is 4.58. The van der Waals surface area contributed by atoms with Gasteiger partial charge in [0.15, 0.2) is 0 Å². The second-order valence-corrected chi connectivity index (χ2v) is 6.33. The van der Waals surface area contributed by atoms with Crippen molar-refractivity contribution in [1.82, 2.24) is 14.3 Å². The van der Waals surface area contributed by atoms with E-state index in [1.165, 1.54) is 4.31 Å². The minimum atomic E-state index is -3.31. The van der Waals surface area contributed by atoms with Crippen molar-refractivity contribution in [3.8, 4) is 0 Å². The Labute approximate surface area is 115 Å². The zero-order chi connectivity index (χ0) is 12.1. The van der Waals surface area contributed by atoms with E-state index in [4.69, 9.17) is 4.74 Å². The first-order valence-electron chi connectivity index (χ1n) is 6.22. The number of nitrogens with one attached hydrogen (secondary N) is 2. The number of morpholine rings is 1. The first-order valence-corrected chi connectivity index (χ1v) is 7.66. The summed E-state index contributed by atoms with van der Waals surface area (Å²) in [6.45, 7) is 4.39. The Morgan fingerprint density at radius 2 is 2.06 bits per heavy atom. The summed E-state index contributed by atoms with van der Waals surface area (Å²) in [6, 6.07) is 0. The second kappa shape index (κ2) is 7.62. The summed E-state index contributed by atoms with van der Waals surface area (Å²) >= 11 is 0. The Bertz CT molecular complexity index is 327. The lowest BCUT2D eigenvalue weighted by molar-refractivity contribution is 0.0724. The summed E-state index contributed by atoms with van der Waals surface area (Å²) in [6.07, 6.45) is 2.22. The first kappa shape index (κ1) is 16.1. The molecule has 6 nitrogen and oxygen atoms in total. The molecule has 0 bridgehead atoms. The smallest absolute Gasteiger partial charge is 0.279 e. The molecule has 8 heteroatoms. The average molecular weight is 300 g/mol. The third-order valence-electron chi connectivity index (χ3n) is 3.26. The van der Waals surface area contributed by atoms with Crippen LogP contribution in [0.15, 0.2) is 0 Å². The average Bonchev–Trinajstić information content (AvgIpc) is 2.39. The molecule has 2 aliphatic heterocycles. The van der Waals surface area contributed by atoms with Crippen LogP contribution in [0.25, 0.3) is 0 Å². The molecule has 2 heterocycles. The normalized spacial score (nSPS) is 26.6. The molecule has 0 aromatic rings. The standard InChI is InChI=1S/C10H21N3O3S.ClH/c14-17(15,13-4-6-16-7-5-13)12-9-10-2-1-3-11-8-10;/h10-12H,1-9H2;1H. The van der Waals surface area contributed by atoms with Crippen molar-refractivity contribution in [3.05, 3.63) is 0 Å². The van der Waals surface area contributed by atoms with Gasteiger partial charge in [-0.15, -0.1) is 12.4 Å². The highest BCUT2D eigenvalue weighted by Crippen LogP contribution is 2.10. The van der Waals surface area contributed by atoms with Gasteiger partial charge in [-0.3, -0.25) is 0 Å². The van der Waals surface area contributed by atoms with Crippen LogP contribution in [0.3, 0.4) is 0 Å². The molecule has 18 heavy (non-hydrogen) atoms. The van der Waals surface area contributed by atoms with Crippen molar-refractivity contribution in [2.75, 3.05) is 45.9 Å². The highest BCUT2D eigenvalue weighted by atomic mass is 35.5. The Hall–Kier alpha value is 0.0800. The zero-order valence-electron chi connectivity index (χ0n) is 10.4. The van der Waals surface area contributed by atoms with Crippen LogP contribution < -0.4 is 10.0 Å². The van der Waals surface area contributed by atoms with Gasteiger partial charge in [0.25, 0.3) is 10.2 Å². The molecule has 0 aliphatic carbocycles. The molecule has 0 spiro atoms. The maximum atomic E-state index is 12.0. The fourth-order valence-corrected chi connectivity index (χ4v) is 3.46. The van der Waals surface area contributed by atoms with Crippen LogP contribution >= 0.6 is 12.4 Å². The number of nitrogens with zero attached hydrogens (tertiary/aromatic N) is 1. The van der Waals surface area contributed by atoms with E-state index < -0.39 is 10.2 Å². The quantitative estimate of drug-likeness (QED) is 0.739. The molecule has 2 N–H and O–H groups in total. The Kier molecular flexibility index (Phi) is 6.83. The Morgan fingerprint density at radius 3 is 2.67 bits per heavy atom. The number of ether oxygens (including phenoxy) is 1. The predicted molar refractivity (Wildman–Crippen MR) is 72.2 cm³/mol. The molecule has 2 aliphatic rings. The Morgan fingerprint density at radius 1 is 1.33 bits per heavy atom. The lowest BCUT2D eigenvalue weighted by Gasteiger charge is -2.28. The van der Waals surface area contributed by atoms with Gasteiger partial charge in [-0.05, 0) is 31.8 Å². The van der Waals surface area contributed by atoms with Crippen molar-refractivity contribution in [1.29, 1.82) is 0 Å². The van der Waals surface area contributed by atoms with Crippen LogP contribution in [0.2, 0.25) is 0 Å². The van der Waals surface area contributed by atoms with E-state index in [2.05, 4.69) is 10.0 Å². The molecule has 1 unspecified atom stereocenters. The van der Waals surface area contributed by atoms with Gasteiger partial charge in [-0.25, -0.2) is 4.72 Å². The van der Waals surface area contributed by atoms with Crippen LogP contribution in [0, 0.1) is 5.92 Å². The highest BCUT2D eigenvalue weighted by molar-refractivity contribution is 7.87. The number of halogens is 1. The molecule has 108 valence electrons. The van der Waals surface area contributed by atoms with Crippen LogP contribution in [0.5, 0.6) is 0 Å². The van der Waals surface area contributed by atoms with Crippen molar-refractivity contribution in [2.24, 2.45) is 5.92 Å². The fraction of sp³-hybridized carbons (Fsp3) is 1.00. The van der Waals surface area contributed by atoms with Gasteiger partial charge in [-0.2, -0.15) is 12.7 Å². The largest absolute Gasteiger partial charge is 0.379 e. The van der Waals surface area contributed by atoms with E-state index in [9.17, 15) is 8.42 Å². The molecule has 1 atom stereocenters. The molecule has 0 radical (unpaired) electrons. The zero-order valence-corrected chi connectivity index (χ0v) is 12.1. The van der Waals surface area contributed by atoms with E-state index in [0.29, 0.717) is 38.8 Å². The summed E-state index contributed by atoms with van der Waals surface area (Å²) in [4.78, 5) is 0. The first-order chi connectivity index (χ1) is 8.18. The third kappa shape index (κ3) is 4.64. The van der Waals surface area contributed by atoms with E-state index in [-0.39, 0.29) is 12.4 Å². The van der Waals surface area contributed by atoms with Gasteiger partial charge in [0, 0.05) is 19.6 Å². The van der Waals surface area contributed by atoms with E-state index in [1.807, 2.05) is 0 Å². The van der Waals surface area contributed by atoms with E-state index in [1.54, 1.807) is 0 Å². The number of hydrogen-bond acceptors (Lipinski definition) is 4. The lowest BCUT2D eigenvalue weighted by Crippen LogP contribution is -2.48. The lowest BCUT2D eigenvalue weighted by atomic mass is 10.0. The monoisotopic (exact) mass is 299 g/mol. The Balaban J connectivity index is 0.00000162. The minimum Gasteiger partial charge on any atom is -0.379 e. The molecular formula is C10H22ClN3O3S. The molecule has 2 fully saturated rings. The maximum absolute atomic E-state index is 12.0. The number of rotatable bonds is 4. The molecule has 0 amide bonds. The van der Waals surface area contributed by atoms with Gasteiger partial charge in [0.1, 0.15) is 0 Å². The fourth-order valence-electron chi connectivity index (χ4n) is 2.20. The van der Waals surface area contributed by atoms with Crippen LogP contribution in [0.4, 0.5) is 0 Å². The van der Waals surface area contributed by atoms with Crippen LogP contribution in [-0.2, 0) is 14.9 Å². The van der Waals surface area contributed by atoms with Crippen molar-refractivity contribution in [3.63, 3.8) is 0 Å². The highest BCUT2D eigenvalue weighted by Gasteiger charge is 2.25. The minimum absolute atomic E-state index is 0. The topological polar surface area (TPSA) is 70.7 Å². The van der Waals surface area contributed by atoms with Crippen molar-refractivity contribution < 1.29 is 13.2 Å². The summed E-state index contributed by atoms with van der Waals surface area (Å²) in [5.41, 5.74) is 0. The van der Waals surface area contributed by atoms with Crippen LogP contribution in [0.1, 0.15) is 12.8 Å².